The molecule has 4 rings (SSSR count). The zero-order chi connectivity index (χ0) is 20.2. The van der Waals surface area contributed by atoms with E-state index in [1.54, 1.807) is 16.7 Å². The van der Waals surface area contributed by atoms with Crippen LogP contribution in [0.2, 0.25) is 0 Å². The second-order valence-electron chi connectivity index (χ2n) is 7.54. The zero-order valence-electron chi connectivity index (χ0n) is 16.7. The summed E-state index contributed by atoms with van der Waals surface area (Å²) in [6.07, 6.45) is 3.85. The first-order valence-corrected chi connectivity index (χ1v) is 11.2. The van der Waals surface area contributed by atoms with Gasteiger partial charge < -0.3 is 4.90 Å². The van der Waals surface area contributed by atoms with Crippen LogP contribution in [0.25, 0.3) is 0 Å². The van der Waals surface area contributed by atoms with E-state index in [1.807, 2.05) is 30.3 Å². The number of benzene rings is 2. The van der Waals surface area contributed by atoms with E-state index in [0.29, 0.717) is 13.1 Å². The molecule has 2 aliphatic heterocycles. The molecule has 2 heterocycles. The molecule has 1 saturated heterocycles. The molecule has 0 bridgehead atoms. The van der Waals surface area contributed by atoms with E-state index in [0.717, 1.165) is 34.2 Å². The molecule has 5 heteroatoms. The Morgan fingerprint density at radius 2 is 1.90 bits per heavy atom. The van der Waals surface area contributed by atoms with Gasteiger partial charge >= 0.3 is 0 Å². The molecule has 4 nitrogen and oxygen atoms in total. The summed E-state index contributed by atoms with van der Waals surface area (Å²) in [6, 6.07) is 21.0. The van der Waals surface area contributed by atoms with Crippen molar-refractivity contribution in [3.8, 4) is 6.07 Å². The van der Waals surface area contributed by atoms with Crippen LogP contribution in [0.1, 0.15) is 43.2 Å². The maximum atomic E-state index is 13.0. The molecule has 1 amide bonds. The number of hydrogen-bond acceptors (Lipinski definition) is 4. The number of thioether (sulfide) groups is 1. The van der Waals surface area contributed by atoms with Gasteiger partial charge in [0.15, 0.2) is 0 Å². The fourth-order valence-electron chi connectivity index (χ4n) is 3.95. The Morgan fingerprint density at radius 1 is 1.14 bits per heavy atom. The first-order valence-electron chi connectivity index (χ1n) is 10.2. The molecule has 148 valence electrons. The normalized spacial score (nSPS) is 19.2. The summed E-state index contributed by atoms with van der Waals surface area (Å²) in [5, 5.41) is 10.7. The van der Waals surface area contributed by atoms with Crippen molar-refractivity contribution in [3.63, 3.8) is 0 Å². The van der Waals surface area contributed by atoms with Gasteiger partial charge in [-0.25, -0.2) is 0 Å². The Hall–Kier alpha value is -2.71. The molecule has 0 N–H and O–H groups in total. The summed E-state index contributed by atoms with van der Waals surface area (Å²) >= 11 is 1.59. The fraction of sp³-hybridized carbons (Fsp3) is 0.333. The molecule has 2 aliphatic rings. The van der Waals surface area contributed by atoms with Gasteiger partial charge in [0.2, 0.25) is 5.91 Å². The Morgan fingerprint density at radius 3 is 2.59 bits per heavy atom. The highest BCUT2D eigenvalue weighted by atomic mass is 32.2. The Balaban J connectivity index is 1.56. The monoisotopic (exact) mass is 403 g/mol. The molecular formula is C24H25N3OS. The number of rotatable bonds is 5. The molecule has 29 heavy (non-hydrogen) atoms. The highest BCUT2D eigenvalue weighted by Crippen LogP contribution is 2.43. The number of fused-ring (bicyclic) bond motifs is 1. The average molecular weight is 404 g/mol. The van der Waals surface area contributed by atoms with E-state index in [-0.39, 0.29) is 11.8 Å². The quantitative estimate of drug-likeness (QED) is 0.684. The lowest BCUT2D eigenvalue weighted by atomic mass is 9.86. The van der Waals surface area contributed by atoms with Gasteiger partial charge in [-0.1, -0.05) is 67.6 Å². The van der Waals surface area contributed by atoms with Crippen LogP contribution in [-0.4, -0.2) is 23.4 Å². The first kappa shape index (κ1) is 19.6. The number of carbonyl (C=O) groups is 1. The second-order valence-corrected chi connectivity index (χ2v) is 8.48. The number of aryl methyl sites for hydroxylation is 1. The van der Waals surface area contributed by atoms with Crippen LogP contribution >= 0.6 is 11.8 Å². The first-order chi connectivity index (χ1) is 14.2. The molecule has 1 fully saturated rings. The van der Waals surface area contributed by atoms with E-state index in [2.05, 4.69) is 42.2 Å². The Bertz CT molecular complexity index is 946. The number of carbonyl (C=O) groups excluding carboxylic acids is 1. The molecular weight excluding hydrogens is 378 g/mol. The van der Waals surface area contributed by atoms with Crippen molar-refractivity contribution in [2.45, 2.75) is 38.5 Å². The summed E-state index contributed by atoms with van der Waals surface area (Å²) in [7, 11) is 0. The smallest absolute Gasteiger partial charge is 0.229 e. The second kappa shape index (κ2) is 8.75. The van der Waals surface area contributed by atoms with Crippen molar-refractivity contribution < 1.29 is 4.79 Å². The Kier molecular flexibility index (Phi) is 5.92. The number of amides is 1. The summed E-state index contributed by atoms with van der Waals surface area (Å²) in [4.78, 5) is 17.0. The maximum absolute atomic E-state index is 13.0. The predicted octanol–water partition coefficient (Wildman–Crippen LogP) is 5.25. The van der Waals surface area contributed by atoms with Gasteiger partial charge in [0.25, 0.3) is 0 Å². The van der Waals surface area contributed by atoms with Crippen LogP contribution in [0.3, 0.4) is 0 Å². The molecule has 0 spiro atoms. The third kappa shape index (κ3) is 4.04. The van der Waals surface area contributed by atoms with Crippen molar-refractivity contribution in [1.29, 1.82) is 5.26 Å². The van der Waals surface area contributed by atoms with Crippen molar-refractivity contribution in [2.24, 2.45) is 0 Å². The van der Waals surface area contributed by atoms with Crippen LogP contribution < -0.4 is 4.90 Å². The highest BCUT2D eigenvalue weighted by Gasteiger charge is 2.38. The molecule has 0 saturated carbocycles. The fourth-order valence-corrected chi connectivity index (χ4v) is 5.12. The molecule has 1 atom stereocenters. The lowest BCUT2D eigenvalue weighted by molar-refractivity contribution is -0.129. The third-order valence-corrected chi connectivity index (χ3v) is 6.77. The molecule has 0 aromatic heterocycles. The van der Waals surface area contributed by atoms with Crippen LogP contribution in [0, 0.1) is 11.3 Å². The predicted molar refractivity (Wildman–Crippen MR) is 118 cm³/mol. The third-order valence-electron chi connectivity index (χ3n) is 5.62. The van der Waals surface area contributed by atoms with Gasteiger partial charge in [-0.2, -0.15) is 5.26 Å². The summed E-state index contributed by atoms with van der Waals surface area (Å²) in [5.74, 6) is 0.682. The maximum Gasteiger partial charge on any atom is 0.229 e. The van der Waals surface area contributed by atoms with Gasteiger partial charge in [0, 0.05) is 18.0 Å². The van der Waals surface area contributed by atoms with Crippen LogP contribution in [0.4, 0.5) is 5.69 Å². The van der Waals surface area contributed by atoms with Crippen molar-refractivity contribution >= 4 is 23.4 Å². The van der Waals surface area contributed by atoms with Gasteiger partial charge in [-0.3, -0.25) is 9.69 Å². The van der Waals surface area contributed by atoms with E-state index in [4.69, 9.17) is 0 Å². The van der Waals surface area contributed by atoms with Crippen molar-refractivity contribution in [2.75, 3.05) is 17.4 Å². The summed E-state index contributed by atoms with van der Waals surface area (Å²) in [6.45, 7) is 2.71. The van der Waals surface area contributed by atoms with Crippen LogP contribution in [0.5, 0.6) is 0 Å². The lowest BCUT2D eigenvalue weighted by Crippen LogP contribution is -2.47. The zero-order valence-corrected chi connectivity index (χ0v) is 17.5. The van der Waals surface area contributed by atoms with Gasteiger partial charge in [-0.05, 0) is 36.1 Å². The highest BCUT2D eigenvalue weighted by molar-refractivity contribution is 8.03. The minimum atomic E-state index is -0.142. The molecule has 0 unspecified atom stereocenters. The topological polar surface area (TPSA) is 47.3 Å². The van der Waals surface area contributed by atoms with Crippen LogP contribution in [0.15, 0.2) is 65.2 Å². The van der Waals surface area contributed by atoms with Gasteiger partial charge in [0.1, 0.15) is 0 Å². The standard InChI is InChI=1S/C24H25N3OS/c1-2-3-7-18-10-12-20(13-11-18)26-16-27-23(28)14-21(19-8-5-4-6-9-19)22(15-25)24(27)29-17-26/h4-6,8-13,21H,2-3,7,14,16-17H2,1H3/t21-/m0/s1. The summed E-state index contributed by atoms with van der Waals surface area (Å²) in [5.41, 5.74) is 4.23. The molecule has 2 aromatic carbocycles. The number of allylic oxidation sites excluding steroid dienone is 1. The molecule has 0 aliphatic carbocycles. The molecule has 2 aromatic rings. The summed E-state index contributed by atoms with van der Waals surface area (Å²) < 4.78 is 0. The largest absolute Gasteiger partial charge is 0.344 e. The number of nitriles is 1. The van der Waals surface area contributed by atoms with Crippen LogP contribution in [-0.2, 0) is 11.2 Å². The molecule has 0 radical (unpaired) electrons. The lowest BCUT2D eigenvalue weighted by Gasteiger charge is -2.42. The van der Waals surface area contributed by atoms with E-state index in [1.165, 1.54) is 18.4 Å². The minimum absolute atomic E-state index is 0.0876. The average Bonchev–Trinajstić information content (AvgIpc) is 2.78. The van der Waals surface area contributed by atoms with Gasteiger partial charge in [0.05, 0.1) is 29.2 Å². The van der Waals surface area contributed by atoms with Crippen molar-refractivity contribution in [1.82, 2.24) is 4.90 Å². The number of hydrogen-bond donors (Lipinski definition) is 0. The number of anilines is 1. The minimum Gasteiger partial charge on any atom is -0.344 e. The van der Waals surface area contributed by atoms with Gasteiger partial charge in [-0.15, -0.1) is 0 Å². The number of unbranched alkanes of at least 4 members (excludes halogenated alkanes) is 1. The Labute approximate surface area is 176 Å². The SMILES string of the molecule is CCCCc1ccc(N2CSC3=C(C#N)[C@H](c4ccccc4)CC(=O)N3C2)cc1. The van der Waals surface area contributed by atoms with E-state index in [9.17, 15) is 10.1 Å². The number of nitrogens with zero attached hydrogens (tertiary/aromatic N) is 3. The van der Waals surface area contributed by atoms with E-state index >= 15 is 0 Å². The van der Waals surface area contributed by atoms with E-state index < -0.39 is 0 Å². The van der Waals surface area contributed by atoms with Crippen molar-refractivity contribution in [3.05, 3.63) is 76.3 Å².